The van der Waals surface area contributed by atoms with Gasteiger partial charge in [-0.15, -0.1) is 0 Å². The molecule has 2 unspecified atom stereocenters. The van der Waals surface area contributed by atoms with E-state index < -0.39 is 0 Å². The standard InChI is InChI=1S/C14H17NO4/c1-18-9-4-5-12(13(16)6-9)14(17)15-7-10-2-3-11(8-15)19-10/h4-6,10-11,16H,2-3,7-8H2,1H3. The van der Waals surface area contributed by atoms with Gasteiger partial charge in [0.05, 0.1) is 24.9 Å². The Kier molecular flexibility index (Phi) is 3.06. The predicted molar refractivity (Wildman–Crippen MR) is 68.5 cm³/mol. The molecule has 1 aromatic rings. The molecule has 1 aromatic carbocycles. The SMILES string of the molecule is COc1ccc(C(=O)N2CC3CCC(C2)O3)c(O)c1. The van der Waals surface area contributed by atoms with Gasteiger partial charge in [-0.05, 0) is 25.0 Å². The molecular weight excluding hydrogens is 246 g/mol. The van der Waals surface area contributed by atoms with Crippen LogP contribution in [0.15, 0.2) is 18.2 Å². The van der Waals surface area contributed by atoms with Crippen LogP contribution >= 0.6 is 0 Å². The van der Waals surface area contributed by atoms with Crippen LogP contribution in [0.2, 0.25) is 0 Å². The van der Waals surface area contributed by atoms with E-state index in [-0.39, 0.29) is 23.9 Å². The van der Waals surface area contributed by atoms with E-state index >= 15 is 0 Å². The number of rotatable bonds is 2. The highest BCUT2D eigenvalue weighted by Crippen LogP contribution is 2.29. The lowest BCUT2D eigenvalue weighted by Gasteiger charge is -2.32. The molecule has 3 rings (SSSR count). The maximum Gasteiger partial charge on any atom is 0.257 e. The van der Waals surface area contributed by atoms with E-state index in [1.165, 1.54) is 13.2 Å². The summed E-state index contributed by atoms with van der Waals surface area (Å²) in [6.07, 6.45) is 2.35. The molecule has 0 spiro atoms. The third kappa shape index (κ3) is 2.26. The van der Waals surface area contributed by atoms with Crippen molar-refractivity contribution in [1.82, 2.24) is 4.90 Å². The second-order valence-corrected chi connectivity index (χ2v) is 5.05. The molecule has 2 aliphatic heterocycles. The number of carbonyl (C=O) groups is 1. The Labute approximate surface area is 111 Å². The highest BCUT2D eigenvalue weighted by Gasteiger charge is 2.36. The number of fused-ring (bicyclic) bond motifs is 2. The van der Waals surface area contributed by atoms with Gasteiger partial charge in [0.2, 0.25) is 0 Å². The monoisotopic (exact) mass is 263 g/mol. The van der Waals surface area contributed by atoms with Gasteiger partial charge < -0.3 is 19.5 Å². The van der Waals surface area contributed by atoms with E-state index in [9.17, 15) is 9.90 Å². The predicted octanol–water partition coefficient (Wildman–Crippen LogP) is 1.40. The fraction of sp³-hybridized carbons (Fsp3) is 0.500. The van der Waals surface area contributed by atoms with Gasteiger partial charge in [-0.2, -0.15) is 0 Å². The van der Waals surface area contributed by atoms with Crippen LogP contribution in [0, 0.1) is 0 Å². The summed E-state index contributed by atoms with van der Waals surface area (Å²) in [4.78, 5) is 14.2. The average Bonchev–Trinajstić information content (AvgIpc) is 2.76. The summed E-state index contributed by atoms with van der Waals surface area (Å²) in [5.74, 6) is 0.361. The van der Waals surface area contributed by atoms with Gasteiger partial charge in [0.25, 0.3) is 5.91 Å². The molecule has 102 valence electrons. The number of ether oxygens (including phenoxy) is 2. The Morgan fingerprint density at radius 2 is 2.05 bits per heavy atom. The van der Waals surface area contributed by atoms with Crippen molar-refractivity contribution in [2.75, 3.05) is 20.2 Å². The van der Waals surface area contributed by atoms with Crippen molar-refractivity contribution in [3.8, 4) is 11.5 Å². The molecule has 0 saturated carbocycles. The van der Waals surface area contributed by atoms with E-state index in [0.717, 1.165) is 12.8 Å². The summed E-state index contributed by atoms with van der Waals surface area (Å²) in [7, 11) is 1.52. The van der Waals surface area contributed by atoms with Crippen LogP contribution in [-0.2, 0) is 4.74 Å². The highest BCUT2D eigenvalue weighted by molar-refractivity contribution is 5.97. The number of aromatic hydroxyl groups is 1. The molecule has 19 heavy (non-hydrogen) atoms. The van der Waals surface area contributed by atoms with Gasteiger partial charge >= 0.3 is 0 Å². The highest BCUT2D eigenvalue weighted by atomic mass is 16.5. The Balaban J connectivity index is 1.80. The lowest BCUT2D eigenvalue weighted by molar-refractivity contribution is -0.0304. The molecule has 2 heterocycles. The quantitative estimate of drug-likeness (QED) is 0.876. The summed E-state index contributed by atoms with van der Waals surface area (Å²) < 4.78 is 10.7. The third-order valence-corrected chi connectivity index (χ3v) is 3.77. The molecule has 1 N–H and O–H groups in total. The number of hydrogen-bond donors (Lipinski definition) is 1. The van der Waals surface area contributed by atoms with Gasteiger partial charge in [0.1, 0.15) is 11.5 Å². The zero-order valence-electron chi connectivity index (χ0n) is 10.8. The number of likely N-dealkylation sites (tertiary alicyclic amines) is 1. The van der Waals surface area contributed by atoms with Crippen LogP contribution in [0.4, 0.5) is 0 Å². The summed E-state index contributed by atoms with van der Waals surface area (Å²) >= 11 is 0. The largest absolute Gasteiger partial charge is 0.507 e. The number of phenolic OH excluding ortho intramolecular Hbond substituents is 1. The molecule has 2 atom stereocenters. The van der Waals surface area contributed by atoms with Crippen LogP contribution in [0.3, 0.4) is 0 Å². The molecule has 2 fully saturated rings. The Hall–Kier alpha value is -1.75. The van der Waals surface area contributed by atoms with Crippen LogP contribution < -0.4 is 4.74 Å². The fourth-order valence-electron chi connectivity index (χ4n) is 2.77. The van der Waals surface area contributed by atoms with E-state index in [2.05, 4.69) is 0 Å². The fourth-order valence-corrected chi connectivity index (χ4v) is 2.77. The van der Waals surface area contributed by atoms with E-state index in [1.807, 2.05) is 0 Å². The van der Waals surface area contributed by atoms with E-state index in [1.54, 1.807) is 17.0 Å². The molecule has 0 aromatic heterocycles. The Morgan fingerprint density at radius 3 is 2.63 bits per heavy atom. The first-order chi connectivity index (χ1) is 9.17. The molecule has 1 amide bonds. The molecule has 0 aliphatic carbocycles. The molecule has 2 bridgehead atoms. The molecule has 5 nitrogen and oxygen atoms in total. The smallest absolute Gasteiger partial charge is 0.257 e. The minimum Gasteiger partial charge on any atom is -0.507 e. The second kappa shape index (κ2) is 4.74. The zero-order chi connectivity index (χ0) is 13.4. The van der Waals surface area contributed by atoms with Crippen molar-refractivity contribution in [2.24, 2.45) is 0 Å². The molecule has 0 radical (unpaired) electrons. The van der Waals surface area contributed by atoms with Gasteiger partial charge in [-0.1, -0.05) is 0 Å². The van der Waals surface area contributed by atoms with E-state index in [4.69, 9.17) is 9.47 Å². The number of amides is 1. The minimum atomic E-state index is -0.139. The number of morpholine rings is 1. The first-order valence-corrected chi connectivity index (χ1v) is 6.49. The van der Waals surface area contributed by atoms with Crippen LogP contribution in [0.1, 0.15) is 23.2 Å². The van der Waals surface area contributed by atoms with Gasteiger partial charge in [0, 0.05) is 19.2 Å². The third-order valence-electron chi connectivity index (χ3n) is 3.77. The van der Waals surface area contributed by atoms with Gasteiger partial charge in [0.15, 0.2) is 0 Å². The molecule has 2 aliphatic rings. The number of hydrogen-bond acceptors (Lipinski definition) is 4. The summed E-state index contributed by atoms with van der Waals surface area (Å²) in [6.45, 7) is 1.22. The zero-order valence-corrected chi connectivity index (χ0v) is 10.8. The molecular formula is C14H17NO4. The van der Waals surface area contributed by atoms with Crippen molar-refractivity contribution >= 4 is 5.91 Å². The van der Waals surface area contributed by atoms with E-state index in [0.29, 0.717) is 24.4 Å². The maximum atomic E-state index is 12.4. The first kappa shape index (κ1) is 12.3. The minimum absolute atomic E-state index is 0.0387. The number of methoxy groups -OCH3 is 1. The summed E-state index contributed by atoms with van der Waals surface area (Å²) in [6, 6.07) is 4.75. The molecule has 2 saturated heterocycles. The lowest BCUT2D eigenvalue weighted by atomic mass is 10.1. The van der Waals surface area contributed by atoms with Crippen LogP contribution in [0.25, 0.3) is 0 Å². The first-order valence-electron chi connectivity index (χ1n) is 6.49. The Bertz CT molecular complexity index is 490. The average molecular weight is 263 g/mol. The summed E-state index contributed by atoms with van der Waals surface area (Å²) in [5, 5.41) is 9.91. The number of carbonyl (C=O) groups excluding carboxylic acids is 1. The second-order valence-electron chi connectivity index (χ2n) is 5.05. The topological polar surface area (TPSA) is 59.0 Å². The van der Waals surface area contributed by atoms with Crippen molar-refractivity contribution in [2.45, 2.75) is 25.0 Å². The van der Waals surface area contributed by atoms with Crippen molar-refractivity contribution in [3.63, 3.8) is 0 Å². The van der Waals surface area contributed by atoms with Gasteiger partial charge in [-0.3, -0.25) is 4.79 Å². The van der Waals surface area contributed by atoms with Crippen molar-refractivity contribution in [3.05, 3.63) is 23.8 Å². The maximum absolute atomic E-state index is 12.4. The number of phenols is 1. The van der Waals surface area contributed by atoms with Crippen molar-refractivity contribution in [1.29, 1.82) is 0 Å². The Morgan fingerprint density at radius 1 is 1.37 bits per heavy atom. The van der Waals surface area contributed by atoms with Crippen molar-refractivity contribution < 1.29 is 19.4 Å². The normalized spacial score (nSPS) is 25.4. The number of nitrogens with zero attached hydrogens (tertiary/aromatic N) is 1. The molecule has 5 heteroatoms. The lowest BCUT2D eigenvalue weighted by Crippen LogP contribution is -2.45. The summed E-state index contributed by atoms with van der Waals surface area (Å²) in [5.41, 5.74) is 0.321. The van der Waals surface area contributed by atoms with Crippen LogP contribution in [0.5, 0.6) is 11.5 Å². The number of benzene rings is 1. The van der Waals surface area contributed by atoms with Gasteiger partial charge in [-0.25, -0.2) is 0 Å². The van der Waals surface area contributed by atoms with Crippen LogP contribution in [-0.4, -0.2) is 48.3 Å².